The van der Waals surface area contributed by atoms with Gasteiger partial charge in [-0.2, -0.15) is 13.2 Å². The number of ether oxygens (including phenoxy) is 1. The van der Waals surface area contributed by atoms with Crippen molar-refractivity contribution in [2.75, 3.05) is 0 Å². The number of pyridine rings is 1. The minimum absolute atomic E-state index is 0.203. The molecule has 1 aliphatic rings. The van der Waals surface area contributed by atoms with Gasteiger partial charge in [0, 0.05) is 5.69 Å². The van der Waals surface area contributed by atoms with Crippen LogP contribution < -0.4 is 10.1 Å². The van der Waals surface area contributed by atoms with Gasteiger partial charge in [-0.15, -0.1) is 0 Å². The minimum atomic E-state index is -4.38. The third kappa shape index (κ3) is 4.30. The molecule has 0 unspecified atom stereocenters. The van der Waals surface area contributed by atoms with Crippen LogP contribution in [-0.4, -0.2) is 10.9 Å². The summed E-state index contributed by atoms with van der Waals surface area (Å²) in [6, 6.07) is 8.16. The molecule has 0 radical (unpaired) electrons. The molecule has 27 heavy (non-hydrogen) atoms. The number of rotatable bonds is 4. The first-order valence-electron chi connectivity index (χ1n) is 8.52. The van der Waals surface area contributed by atoms with Gasteiger partial charge >= 0.3 is 6.18 Å². The number of aromatic nitrogens is 1. The molecule has 1 N–H and O–H groups in total. The van der Waals surface area contributed by atoms with E-state index in [0.717, 1.165) is 23.4 Å². The average Bonchev–Trinajstić information content (AvgIpc) is 2.63. The maximum Gasteiger partial charge on any atom is 0.416 e. The first kappa shape index (κ1) is 18.9. The standard InChI is InChI=1S/C20H19F3N2O2/c1-3-18(26)25-16-10-11-17(19-15(16)9-4-12(2)24-19)27-14-7-5-13(6-8-14)20(21,22)23/h3-9,16-17H,1,10-11H2,2H3,(H,25,26)/t16-,17+/m1/s1. The molecule has 2 atom stereocenters. The third-order valence-electron chi connectivity index (χ3n) is 4.46. The van der Waals surface area contributed by atoms with Crippen LogP contribution in [0.1, 0.15) is 47.5 Å². The Morgan fingerprint density at radius 2 is 1.93 bits per heavy atom. The number of nitrogens with zero attached hydrogens (tertiary/aromatic N) is 1. The molecule has 0 saturated heterocycles. The average molecular weight is 376 g/mol. The number of hydrogen-bond donors (Lipinski definition) is 1. The summed E-state index contributed by atoms with van der Waals surface area (Å²) in [6.45, 7) is 5.31. The van der Waals surface area contributed by atoms with Gasteiger partial charge in [0.05, 0.1) is 17.3 Å². The summed E-state index contributed by atoms with van der Waals surface area (Å²) >= 11 is 0. The molecule has 1 aliphatic carbocycles. The van der Waals surface area contributed by atoms with Crippen molar-refractivity contribution in [3.63, 3.8) is 0 Å². The maximum atomic E-state index is 12.7. The Bertz CT molecular complexity index is 847. The highest BCUT2D eigenvalue weighted by Gasteiger charge is 2.32. The second-order valence-electron chi connectivity index (χ2n) is 6.40. The van der Waals surface area contributed by atoms with Crippen molar-refractivity contribution in [1.82, 2.24) is 10.3 Å². The number of fused-ring (bicyclic) bond motifs is 1. The molecule has 0 saturated carbocycles. The van der Waals surface area contributed by atoms with Crippen LogP contribution >= 0.6 is 0 Å². The summed E-state index contributed by atoms with van der Waals surface area (Å²) in [5, 5.41) is 2.88. The van der Waals surface area contributed by atoms with Crippen molar-refractivity contribution < 1.29 is 22.7 Å². The topological polar surface area (TPSA) is 51.2 Å². The minimum Gasteiger partial charge on any atom is -0.484 e. The van der Waals surface area contributed by atoms with Crippen LogP contribution in [0, 0.1) is 6.92 Å². The molecule has 7 heteroatoms. The van der Waals surface area contributed by atoms with E-state index in [2.05, 4.69) is 16.9 Å². The summed E-state index contributed by atoms with van der Waals surface area (Å²) in [4.78, 5) is 16.2. The zero-order chi connectivity index (χ0) is 19.6. The highest BCUT2D eigenvalue weighted by atomic mass is 19.4. The smallest absolute Gasteiger partial charge is 0.416 e. The molecule has 142 valence electrons. The normalized spacial score (nSPS) is 19.1. The zero-order valence-electron chi connectivity index (χ0n) is 14.7. The predicted octanol–water partition coefficient (Wildman–Crippen LogP) is 4.67. The lowest BCUT2D eigenvalue weighted by Crippen LogP contribution is -2.32. The Morgan fingerprint density at radius 3 is 2.56 bits per heavy atom. The van der Waals surface area contributed by atoms with E-state index in [1.165, 1.54) is 18.2 Å². The van der Waals surface area contributed by atoms with Crippen LogP contribution in [0.4, 0.5) is 13.2 Å². The molecule has 1 aromatic carbocycles. The number of hydrogen-bond acceptors (Lipinski definition) is 3. The second kappa shape index (κ2) is 7.42. The van der Waals surface area contributed by atoms with Crippen LogP contribution in [0.3, 0.4) is 0 Å². The Labute approximate surface area is 155 Å². The van der Waals surface area contributed by atoms with Gasteiger partial charge in [-0.1, -0.05) is 12.6 Å². The zero-order valence-corrected chi connectivity index (χ0v) is 14.7. The fourth-order valence-corrected chi connectivity index (χ4v) is 3.13. The fraction of sp³-hybridized carbons (Fsp3) is 0.300. The van der Waals surface area contributed by atoms with E-state index < -0.39 is 17.8 Å². The summed E-state index contributed by atoms with van der Waals surface area (Å²) in [7, 11) is 0. The molecule has 0 bridgehead atoms. The number of alkyl halides is 3. The highest BCUT2D eigenvalue weighted by Crippen LogP contribution is 2.38. The van der Waals surface area contributed by atoms with E-state index in [0.29, 0.717) is 24.3 Å². The molecule has 2 aromatic rings. The van der Waals surface area contributed by atoms with E-state index in [4.69, 9.17) is 4.74 Å². The number of nitrogens with one attached hydrogen (secondary N) is 1. The van der Waals surface area contributed by atoms with Crippen molar-refractivity contribution in [1.29, 1.82) is 0 Å². The number of carbonyl (C=O) groups is 1. The monoisotopic (exact) mass is 376 g/mol. The van der Waals surface area contributed by atoms with Gasteiger partial charge in [0.15, 0.2) is 0 Å². The van der Waals surface area contributed by atoms with Crippen LogP contribution in [0.5, 0.6) is 5.75 Å². The Kier molecular flexibility index (Phi) is 5.21. The number of aryl methyl sites for hydroxylation is 1. The SMILES string of the molecule is C=CC(=O)N[C@@H]1CC[C@H](Oc2ccc(C(F)(F)F)cc2)c2nc(C)ccc21. The molecule has 1 heterocycles. The van der Waals surface area contributed by atoms with Gasteiger partial charge in [-0.05, 0) is 61.7 Å². The Hall–Kier alpha value is -2.83. The summed E-state index contributed by atoms with van der Waals surface area (Å²) in [5.41, 5.74) is 1.61. The molecule has 0 aliphatic heterocycles. The van der Waals surface area contributed by atoms with E-state index in [-0.39, 0.29) is 11.9 Å². The maximum absolute atomic E-state index is 12.7. The molecule has 0 fully saturated rings. The van der Waals surface area contributed by atoms with Gasteiger partial charge in [0.2, 0.25) is 5.91 Å². The lowest BCUT2D eigenvalue weighted by atomic mass is 9.88. The van der Waals surface area contributed by atoms with E-state index in [1.54, 1.807) is 0 Å². The second-order valence-corrected chi connectivity index (χ2v) is 6.40. The number of halogens is 3. The van der Waals surface area contributed by atoms with Crippen LogP contribution in [0.15, 0.2) is 49.1 Å². The van der Waals surface area contributed by atoms with Crippen LogP contribution in [-0.2, 0) is 11.0 Å². The predicted molar refractivity (Wildman–Crippen MR) is 94.1 cm³/mol. The van der Waals surface area contributed by atoms with Gasteiger partial charge in [0.25, 0.3) is 0 Å². The third-order valence-corrected chi connectivity index (χ3v) is 4.46. The van der Waals surface area contributed by atoms with Gasteiger partial charge in [-0.3, -0.25) is 9.78 Å². The quantitative estimate of drug-likeness (QED) is 0.790. The molecule has 1 aromatic heterocycles. The first-order chi connectivity index (χ1) is 12.8. The van der Waals surface area contributed by atoms with E-state index >= 15 is 0 Å². The van der Waals surface area contributed by atoms with Crippen LogP contribution in [0.25, 0.3) is 0 Å². The van der Waals surface area contributed by atoms with Crippen LogP contribution in [0.2, 0.25) is 0 Å². The van der Waals surface area contributed by atoms with Gasteiger partial charge in [0.1, 0.15) is 11.9 Å². The Morgan fingerprint density at radius 1 is 1.22 bits per heavy atom. The number of carbonyl (C=O) groups excluding carboxylic acids is 1. The van der Waals surface area contributed by atoms with Crippen molar-refractivity contribution >= 4 is 5.91 Å². The highest BCUT2D eigenvalue weighted by molar-refractivity contribution is 5.87. The molecule has 4 nitrogen and oxygen atoms in total. The van der Waals surface area contributed by atoms with Crippen molar-refractivity contribution in [3.05, 3.63) is 71.6 Å². The van der Waals surface area contributed by atoms with Crippen molar-refractivity contribution in [3.8, 4) is 5.75 Å². The molecular weight excluding hydrogens is 357 g/mol. The van der Waals surface area contributed by atoms with Crippen molar-refractivity contribution in [2.45, 2.75) is 38.1 Å². The molecule has 1 amide bonds. The van der Waals surface area contributed by atoms with E-state index in [1.807, 2.05) is 19.1 Å². The largest absolute Gasteiger partial charge is 0.484 e. The fourth-order valence-electron chi connectivity index (χ4n) is 3.13. The Balaban J connectivity index is 1.84. The lowest BCUT2D eigenvalue weighted by Gasteiger charge is -2.31. The van der Waals surface area contributed by atoms with E-state index in [9.17, 15) is 18.0 Å². The summed E-state index contributed by atoms with van der Waals surface area (Å²) in [5.74, 6) is 0.0736. The number of amides is 1. The van der Waals surface area contributed by atoms with Gasteiger partial charge in [-0.25, -0.2) is 0 Å². The summed E-state index contributed by atoms with van der Waals surface area (Å²) in [6.07, 6.45) is -2.36. The molecule has 3 rings (SSSR count). The molecular formula is C20H19F3N2O2. The first-order valence-corrected chi connectivity index (χ1v) is 8.52. The number of benzene rings is 1. The van der Waals surface area contributed by atoms with Gasteiger partial charge < -0.3 is 10.1 Å². The lowest BCUT2D eigenvalue weighted by molar-refractivity contribution is -0.137. The summed E-state index contributed by atoms with van der Waals surface area (Å²) < 4.78 is 44.0. The van der Waals surface area contributed by atoms with Crippen molar-refractivity contribution in [2.24, 2.45) is 0 Å². The molecule has 0 spiro atoms.